The third kappa shape index (κ3) is 2.94. The Hall–Kier alpha value is -1.07. The van der Waals surface area contributed by atoms with Crippen molar-refractivity contribution in [2.45, 2.75) is 18.9 Å². The number of carboxylic acids is 1. The number of benzene rings is 1. The van der Waals surface area contributed by atoms with Gasteiger partial charge in [0.2, 0.25) is 0 Å². The van der Waals surface area contributed by atoms with Gasteiger partial charge in [0.05, 0.1) is 0 Å². The quantitative estimate of drug-likeness (QED) is 0.781. The summed E-state index contributed by atoms with van der Waals surface area (Å²) in [7, 11) is 0. The van der Waals surface area contributed by atoms with E-state index < -0.39 is 11.6 Å². The minimum absolute atomic E-state index is 0.0365. The van der Waals surface area contributed by atoms with Crippen molar-refractivity contribution in [2.24, 2.45) is 0 Å². The van der Waals surface area contributed by atoms with Gasteiger partial charge < -0.3 is 15.3 Å². The first kappa shape index (κ1) is 12.0. The summed E-state index contributed by atoms with van der Waals surface area (Å²) in [5, 5.41) is 27.5. The molecule has 0 saturated heterocycles. The molecule has 1 aromatic rings. The molecule has 1 aromatic carbocycles. The van der Waals surface area contributed by atoms with E-state index in [1.165, 1.54) is 19.1 Å². The first-order valence-corrected chi connectivity index (χ1v) is 5.05. The molecule has 0 aliphatic rings. The fourth-order valence-electron chi connectivity index (χ4n) is 1.14. The van der Waals surface area contributed by atoms with Crippen LogP contribution in [-0.2, 0) is 11.2 Å². The van der Waals surface area contributed by atoms with Gasteiger partial charge in [0, 0.05) is 10.9 Å². The predicted octanol–water partition coefficient (Wildman–Crippen LogP) is 1.53. The average molecular weight is 275 g/mol. The molecule has 15 heavy (non-hydrogen) atoms. The SMILES string of the molecule is CC(O)(Cc1cc(O)ccc1Br)C(=O)O. The van der Waals surface area contributed by atoms with E-state index in [0.29, 0.717) is 10.0 Å². The lowest BCUT2D eigenvalue weighted by Gasteiger charge is -2.18. The number of aliphatic carboxylic acids is 1. The van der Waals surface area contributed by atoms with E-state index in [0.717, 1.165) is 0 Å². The highest BCUT2D eigenvalue weighted by molar-refractivity contribution is 9.10. The maximum atomic E-state index is 10.7. The van der Waals surface area contributed by atoms with Crippen molar-refractivity contribution in [3.05, 3.63) is 28.2 Å². The number of hydrogen-bond donors (Lipinski definition) is 3. The van der Waals surface area contributed by atoms with Crippen LogP contribution in [0, 0.1) is 0 Å². The van der Waals surface area contributed by atoms with E-state index in [2.05, 4.69) is 15.9 Å². The Morgan fingerprint density at radius 3 is 2.67 bits per heavy atom. The van der Waals surface area contributed by atoms with Crippen LogP contribution in [0.5, 0.6) is 5.75 Å². The second-order valence-electron chi connectivity index (χ2n) is 3.53. The third-order valence-electron chi connectivity index (χ3n) is 2.02. The predicted molar refractivity (Wildman–Crippen MR) is 57.8 cm³/mol. The summed E-state index contributed by atoms with van der Waals surface area (Å²) in [4.78, 5) is 10.7. The van der Waals surface area contributed by atoms with Gasteiger partial charge in [-0.05, 0) is 30.7 Å². The molecular formula is C10H11BrO4. The summed E-state index contributed by atoms with van der Waals surface area (Å²) >= 11 is 3.22. The molecule has 3 N–H and O–H groups in total. The number of aliphatic hydroxyl groups is 1. The molecule has 0 saturated carbocycles. The van der Waals surface area contributed by atoms with E-state index in [4.69, 9.17) is 5.11 Å². The van der Waals surface area contributed by atoms with Crippen LogP contribution in [0.3, 0.4) is 0 Å². The van der Waals surface area contributed by atoms with Crippen LogP contribution in [0.15, 0.2) is 22.7 Å². The second kappa shape index (κ2) is 4.20. The molecule has 1 rings (SSSR count). The summed E-state index contributed by atoms with van der Waals surface area (Å²) in [6, 6.07) is 4.49. The number of halogens is 1. The second-order valence-corrected chi connectivity index (χ2v) is 4.39. The largest absolute Gasteiger partial charge is 0.508 e. The number of carboxylic acid groups (broad SMARTS) is 1. The zero-order valence-electron chi connectivity index (χ0n) is 8.07. The number of aromatic hydroxyl groups is 1. The van der Waals surface area contributed by atoms with Gasteiger partial charge in [-0.1, -0.05) is 15.9 Å². The zero-order valence-corrected chi connectivity index (χ0v) is 9.65. The Balaban J connectivity index is 2.99. The molecule has 0 bridgehead atoms. The molecular weight excluding hydrogens is 264 g/mol. The summed E-state index contributed by atoms with van der Waals surface area (Å²) < 4.78 is 0.654. The Bertz CT molecular complexity index is 387. The van der Waals surface area contributed by atoms with Crippen molar-refractivity contribution in [2.75, 3.05) is 0 Å². The van der Waals surface area contributed by atoms with Crippen molar-refractivity contribution in [3.8, 4) is 5.75 Å². The van der Waals surface area contributed by atoms with Gasteiger partial charge in [-0.15, -0.1) is 0 Å². The monoisotopic (exact) mass is 274 g/mol. The Labute approximate surface area is 95.3 Å². The molecule has 0 aliphatic heterocycles. The summed E-state index contributed by atoms with van der Waals surface area (Å²) in [6.07, 6.45) is -0.0721. The lowest BCUT2D eigenvalue weighted by Crippen LogP contribution is -2.37. The average Bonchev–Trinajstić information content (AvgIpc) is 2.10. The number of phenols is 1. The molecule has 0 fully saturated rings. The summed E-state index contributed by atoms with van der Waals surface area (Å²) in [5.41, 5.74) is -1.29. The first-order valence-electron chi connectivity index (χ1n) is 4.26. The van der Waals surface area contributed by atoms with Crippen LogP contribution in [0.4, 0.5) is 0 Å². The fourth-order valence-corrected chi connectivity index (χ4v) is 1.53. The van der Waals surface area contributed by atoms with Gasteiger partial charge in [-0.3, -0.25) is 0 Å². The van der Waals surface area contributed by atoms with Gasteiger partial charge in [-0.25, -0.2) is 4.79 Å². The van der Waals surface area contributed by atoms with Gasteiger partial charge in [0.15, 0.2) is 5.60 Å². The minimum atomic E-state index is -1.84. The van der Waals surface area contributed by atoms with E-state index in [1.54, 1.807) is 6.07 Å². The van der Waals surface area contributed by atoms with Gasteiger partial charge in [0.25, 0.3) is 0 Å². The lowest BCUT2D eigenvalue weighted by atomic mass is 9.97. The maximum absolute atomic E-state index is 10.7. The molecule has 1 unspecified atom stereocenters. The normalized spacial score (nSPS) is 14.6. The highest BCUT2D eigenvalue weighted by Crippen LogP contribution is 2.25. The zero-order chi connectivity index (χ0) is 11.6. The molecule has 5 heteroatoms. The highest BCUT2D eigenvalue weighted by atomic mass is 79.9. The molecule has 0 aliphatic carbocycles. The molecule has 82 valence electrons. The Morgan fingerprint density at radius 1 is 1.53 bits per heavy atom. The molecule has 0 spiro atoms. The van der Waals surface area contributed by atoms with Crippen molar-refractivity contribution in [3.63, 3.8) is 0 Å². The smallest absolute Gasteiger partial charge is 0.335 e. The molecule has 0 radical (unpaired) electrons. The molecule has 1 atom stereocenters. The number of carbonyl (C=O) groups is 1. The standard InChI is InChI=1S/C10H11BrO4/c1-10(15,9(13)14)5-6-4-7(12)2-3-8(6)11/h2-4,12,15H,5H2,1H3,(H,13,14). The third-order valence-corrected chi connectivity index (χ3v) is 2.80. The van der Waals surface area contributed by atoms with Crippen LogP contribution in [0.1, 0.15) is 12.5 Å². The topological polar surface area (TPSA) is 77.8 Å². The minimum Gasteiger partial charge on any atom is -0.508 e. The first-order chi connectivity index (χ1) is 6.83. The van der Waals surface area contributed by atoms with Gasteiger partial charge in [-0.2, -0.15) is 0 Å². The number of rotatable bonds is 3. The van der Waals surface area contributed by atoms with Crippen LogP contribution in [-0.4, -0.2) is 26.9 Å². The van der Waals surface area contributed by atoms with E-state index in [-0.39, 0.29) is 12.2 Å². The van der Waals surface area contributed by atoms with Crippen LogP contribution in [0.2, 0.25) is 0 Å². The van der Waals surface area contributed by atoms with Crippen molar-refractivity contribution in [1.82, 2.24) is 0 Å². The van der Waals surface area contributed by atoms with Crippen LogP contribution in [0.25, 0.3) is 0 Å². The number of hydrogen-bond acceptors (Lipinski definition) is 3. The molecule has 0 amide bonds. The Morgan fingerprint density at radius 2 is 2.13 bits per heavy atom. The highest BCUT2D eigenvalue weighted by Gasteiger charge is 2.30. The molecule has 4 nitrogen and oxygen atoms in total. The summed E-state index contributed by atoms with van der Waals surface area (Å²) in [5.74, 6) is -1.26. The van der Waals surface area contributed by atoms with E-state index in [9.17, 15) is 15.0 Å². The maximum Gasteiger partial charge on any atom is 0.335 e. The van der Waals surface area contributed by atoms with Crippen LogP contribution >= 0.6 is 15.9 Å². The number of phenolic OH excluding ortho intramolecular Hbond substituents is 1. The van der Waals surface area contributed by atoms with E-state index in [1.807, 2.05) is 0 Å². The van der Waals surface area contributed by atoms with E-state index >= 15 is 0 Å². The van der Waals surface area contributed by atoms with Gasteiger partial charge in [0.1, 0.15) is 5.75 Å². The van der Waals surface area contributed by atoms with Crippen LogP contribution < -0.4 is 0 Å². The van der Waals surface area contributed by atoms with Crippen molar-refractivity contribution in [1.29, 1.82) is 0 Å². The van der Waals surface area contributed by atoms with Crippen molar-refractivity contribution < 1.29 is 20.1 Å². The van der Waals surface area contributed by atoms with Gasteiger partial charge >= 0.3 is 5.97 Å². The van der Waals surface area contributed by atoms with Crippen molar-refractivity contribution >= 4 is 21.9 Å². The fraction of sp³-hybridized carbons (Fsp3) is 0.300. The molecule has 0 aromatic heterocycles. The lowest BCUT2D eigenvalue weighted by molar-refractivity contribution is -0.156. The Kier molecular flexibility index (Phi) is 3.36. The summed E-state index contributed by atoms with van der Waals surface area (Å²) in [6.45, 7) is 1.21. The molecule has 0 heterocycles.